The number of aliphatic hydroxyl groups is 1. The molecular formula is C35H39N3O3. The van der Waals surface area contributed by atoms with Gasteiger partial charge in [0.05, 0.1) is 18.2 Å². The second-order valence-electron chi connectivity index (χ2n) is 10.6. The van der Waals surface area contributed by atoms with Crippen LogP contribution in [0.25, 0.3) is 0 Å². The van der Waals surface area contributed by atoms with E-state index in [2.05, 4.69) is 16.0 Å². The maximum Gasteiger partial charge on any atom is 0.251 e. The van der Waals surface area contributed by atoms with Crippen molar-refractivity contribution in [1.29, 1.82) is 0 Å². The van der Waals surface area contributed by atoms with E-state index in [1.165, 1.54) is 0 Å². The predicted octanol–water partition coefficient (Wildman–Crippen LogP) is 5.54. The topological polar surface area (TPSA) is 90.5 Å². The van der Waals surface area contributed by atoms with Gasteiger partial charge in [0.2, 0.25) is 0 Å². The Kier molecular flexibility index (Phi) is 10.4. The summed E-state index contributed by atoms with van der Waals surface area (Å²) in [7, 11) is 0. The molecule has 0 unspecified atom stereocenters. The Morgan fingerprint density at radius 1 is 0.683 bits per heavy atom. The first-order valence-electron chi connectivity index (χ1n) is 14.1. The van der Waals surface area contributed by atoms with Crippen LogP contribution in [-0.2, 0) is 6.42 Å². The number of carbonyl (C=O) groups is 2. The summed E-state index contributed by atoms with van der Waals surface area (Å²) in [4.78, 5) is 26.6. The van der Waals surface area contributed by atoms with Crippen molar-refractivity contribution in [3.8, 4) is 0 Å². The van der Waals surface area contributed by atoms with E-state index < -0.39 is 12.1 Å². The highest BCUT2D eigenvalue weighted by Crippen LogP contribution is 2.16. The van der Waals surface area contributed by atoms with Gasteiger partial charge in [-0.3, -0.25) is 9.59 Å². The van der Waals surface area contributed by atoms with Crippen molar-refractivity contribution in [2.45, 2.75) is 51.4 Å². The number of carbonyl (C=O) groups excluding carboxylic acids is 2. The standard InChI is InChI=1S/C35H39N3O3/c1-24-19-30(34(40)37-26(3)29-17-11-6-12-18-29)22-31(20-24)35(41)38-32(21-27-13-7-4-8-14-27)33(39)23-36-25(2)28-15-9-5-10-16-28/h4-20,22,25-26,32-33,36,39H,21,23H2,1-3H3,(H,37,40)(H,38,41)/t25-,26-,32-,33+/m0/s1. The van der Waals surface area contributed by atoms with Crippen molar-refractivity contribution >= 4 is 11.8 Å². The van der Waals surface area contributed by atoms with Gasteiger partial charge in [-0.25, -0.2) is 0 Å². The summed E-state index contributed by atoms with van der Waals surface area (Å²) < 4.78 is 0. The van der Waals surface area contributed by atoms with E-state index in [1.54, 1.807) is 18.2 Å². The van der Waals surface area contributed by atoms with Crippen LogP contribution in [0.5, 0.6) is 0 Å². The average molecular weight is 550 g/mol. The van der Waals surface area contributed by atoms with E-state index in [1.807, 2.05) is 112 Å². The number of hydrogen-bond donors (Lipinski definition) is 4. The van der Waals surface area contributed by atoms with Crippen LogP contribution in [0.1, 0.15) is 68.9 Å². The van der Waals surface area contributed by atoms with Crippen molar-refractivity contribution < 1.29 is 14.7 Å². The summed E-state index contributed by atoms with van der Waals surface area (Å²) in [6.07, 6.45) is -0.382. The fourth-order valence-corrected chi connectivity index (χ4v) is 4.85. The second kappa shape index (κ2) is 14.4. The molecule has 0 radical (unpaired) electrons. The number of aliphatic hydroxyl groups excluding tert-OH is 1. The van der Waals surface area contributed by atoms with Gasteiger partial charge in [-0.15, -0.1) is 0 Å². The predicted molar refractivity (Wildman–Crippen MR) is 164 cm³/mol. The van der Waals surface area contributed by atoms with Gasteiger partial charge >= 0.3 is 0 Å². The average Bonchev–Trinajstić information content (AvgIpc) is 3.00. The minimum Gasteiger partial charge on any atom is -0.390 e. The summed E-state index contributed by atoms with van der Waals surface area (Å²) in [5, 5.41) is 20.7. The molecule has 41 heavy (non-hydrogen) atoms. The molecule has 0 saturated carbocycles. The largest absolute Gasteiger partial charge is 0.390 e. The third-order valence-electron chi connectivity index (χ3n) is 7.26. The number of aryl methyl sites for hydroxylation is 1. The minimum absolute atomic E-state index is 0.0371. The van der Waals surface area contributed by atoms with Crippen LogP contribution in [0.15, 0.2) is 109 Å². The van der Waals surface area contributed by atoms with Gasteiger partial charge in [-0.05, 0) is 67.6 Å². The number of amides is 2. The van der Waals surface area contributed by atoms with E-state index in [-0.39, 0.29) is 23.9 Å². The minimum atomic E-state index is -0.843. The lowest BCUT2D eigenvalue weighted by Gasteiger charge is -2.26. The summed E-state index contributed by atoms with van der Waals surface area (Å²) in [6, 6.07) is 34.0. The summed E-state index contributed by atoms with van der Waals surface area (Å²) in [5.41, 5.74) is 4.71. The molecule has 0 aliphatic heterocycles. The Bertz CT molecular complexity index is 1410. The van der Waals surface area contributed by atoms with Crippen LogP contribution in [-0.4, -0.2) is 35.6 Å². The lowest BCUT2D eigenvalue weighted by atomic mass is 9.99. The van der Waals surface area contributed by atoms with Crippen molar-refractivity contribution in [3.05, 3.63) is 143 Å². The Labute approximate surface area is 242 Å². The highest BCUT2D eigenvalue weighted by atomic mass is 16.3. The van der Waals surface area contributed by atoms with E-state index in [0.717, 1.165) is 22.3 Å². The smallest absolute Gasteiger partial charge is 0.251 e. The van der Waals surface area contributed by atoms with E-state index >= 15 is 0 Å². The van der Waals surface area contributed by atoms with Crippen LogP contribution in [0.2, 0.25) is 0 Å². The molecule has 0 aliphatic carbocycles. The zero-order chi connectivity index (χ0) is 29.2. The molecule has 0 bridgehead atoms. The van der Waals surface area contributed by atoms with Gasteiger partial charge in [0.1, 0.15) is 0 Å². The second-order valence-corrected chi connectivity index (χ2v) is 10.6. The first-order chi connectivity index (χ1) is 19.8. The van der Waals surface area contributed by atoms with Crippen LogP contribution in [0, 0.1) is 6.92 Å². The number of rotatable bonds is 12. The molecule has 0 aliphatic rings. The molecule has 0 saturated heterocycles. The molecular weight excluding hydrogens is 510 g/mol. The molecule has 6 heteroatoms. The monoisotopic (exact) mass is 549 g/mol. The highest BCUT2D eigenvalue weighted by Gasteiger charge is 2.24. The molecule has 6 nitrogen and oxygen atoms in total. The Hall–Kier alpha value is -4.26. The normalized spacial score (nSPS) is 14.0. The fraction of sp³-hybridized carbons (Fsp3) is 0.257. The number of hydrogen-bond acceptors (Lipinski definition) is 4. The SMILES string of the molecule is Cc1cc(C(=O)N[C@@H](C)c2ccccc2)cc(C(=O)N[C@@H](Cc2ccccc2)[C@H](O)CN[C@@H](C)c2ccccc2)c1. The zero-order valence-electron chi connectivity index (χ0n) is 23.9. The van der Waals surface area contributed by atoms with Gasteiger partial charge in [0.25, 0.3) is 11.8 Å². The molecule has 4 atom stereocenters. The molecule has 0 fully saturated rings. The Morgan fingerprint density at radius 3 is 1.73 bits per heavy atom. The third kappa shape index (κ3) is 8.61. The first-order valence-corrected chi connectivity index (χ1v) is 14.1. The summed E-state index contributed by atoms with van der Waals surface area (Å²) in [5.74, 6) is -0.589. The quantitative estimate of drug-likeness (QED) is 0.187. The third-order valence-corrected chi connectivity index (χ3v) is 7.26. The van der Waals surface area contributed by atoms with Crippen LogP contribution in [0.3, 0.4) is 0 Å². The van der Waals surface area contributed by atoms with Crippen molar-refractivity contribution in [2.24, 2.45) is 0 Å². The maximum absolute atomic E-state index is 13.5. The van der Waals surface area contributed by atoms with E-state index in [9.17, 15) is 14.7 Å². The number of nitrogens with one attached hydrogen (secondary N) is 3. The van der Waals surface area contributed by atoms with Gasteiger partial charge in [0.15, 0.2) is 0 Å². The lowest BCUT2D eigenvalue weighted by Crippen LogP contribution is -2.49. The molecule has 4 aromatic carbocycles. The summed E-state index contributed by atoms with van der Waals surface area (Å²) in [6.45, 7) is 6.13. The first kappa shape index (κ1) is 29.7. The van der Waals surface area contributed by atoms with Crippen LogP contribution < -0.4 is 16.0 Å². The molecule has 4 aromatic rings. The number of benzene rings is 4. The fourth-order valence-electron chi connectivity index (χ4n) is 4.85. The molecule has 0 spiro atoms. The van der Waals surface area contributed by atoms with Gasteiger partial charge < -0.3 is 21.1 Å². The molecule has 212 valence electrons. The zero-order valence-corrected chi connectivity index (χ0v) is 23.9. The van der Waals surface area contributed by atoms with E-state index in [0.29, 0.717) is 24.1 Å². The molecule has 0 aromatic heterocycles. The molecule has 2 amide bonds. The maximum atomic E-state index is 13.5. The van der Waals surface area contributed by atoms with Crippen LogP contribution in [0.4, 0.5) is 0 Å². The Balaban J connectivity index is 1.47. The van der Waals surface area contributed by atoms with Crippen molar-refractivity contribution in [1.82, 2.24) is 16.0 Å². The Morgan fingerprint density at radius 2 is 1.17 bits per heavy atom. The van der Waals surface area contributed by atoms with Crippen LogP contribution >= 0.6 is 0 Å². The lowest BCUT2D eigenvalue weighted by molar-refractivity contribution is 0.0825. The van der Waals surface area contributed by atoms with Gasteiger partial charge in [-0.1, -0.05) is 91.0 Å². The molecule has 0 heterocycles. The highest BCUT2D eigenvalue weighted by molar-refractivity contribution is 6.00. The molecule has 4 rings (SSSR count). The molecule has 4 N–H and O–H groups in total. The van der Waals surface area contributed by atoms with Gasteiger partial charge in [-0.2, -0.15) is 0 Å². The van der Waals surface area contributed by atoms with Gasteiger partial charge in [0, 0.05) is 23.7 Å². The van der Waals surface area contributed by atoms with Crippen molar-refractivity contribution in [2.75, 3.05) is 6.54 Å². The van der Waals surface area contributed by atoms with Crippen molar-refractivity contribution in [3.63, 3.8) is 0 Å². The van der Waals surface area contributed by atoms with E-state index in [4.69, 9.17) is 0 Å². The summed E-state index contributed by atoms with van der Waals surface area (Å²) >= 11 is 0.